The number of likely N-dealkylation sites (tertiary alicyclic amines) is 1. The number of piperidine rings is 1. The van der Waals surface area contributed by atoms with Crippen molar-refractivity contribution in [2.45, 2.75) is 32.7 Å². The van der Waals surface area contributed by atoms with Gasteiger partial charge in [0.05, 0.1) is 0 Å². The van der Waals surface area contributed by atoms with Crippen molar-refractivity contribution in [1.29, 1.82) is 0 Å². The van der Waals surface area contributed by atoms with Crippen LogP contribution in [0.25, 0.3) is 0 Å². The summed E-state index contributed by atoms with van der Waals surface area (Å²) in [4.78, 5) is 2.63. The monoisotopic (exact) mass is 230 g/mol. The lowest BCUT2D eigenvalue weighted by molar-refractivity contribution is 0.149. The molecule has 3 heteroatoms. The fourth-order valence-electron chi connectivity index (χ4n) is 2.43. The third kappa shape index (κ3) is 4.75. The summed E-state index contributed by atoms with van der Waals surface area (Å²) in [5.41, 5.74) is 0. The summed E-state index contributed by atoms with van der Waals surface area (Å²) in [7, 11) is 0. The molecule has 1 aliphatic rings. The highest BCUT2D eigenvalue weighted by Crippen LogP contribution is 2.17. The van der Waals surface area contributed by atoms with Crippen LogP contribution in [0.3, 0.4) is 0 Å². The van der Waals surface area contributed by atoms with Gasteiger partial charge < -0.3 is 10.2 Å². The molecule has 0 aromatic heterocycles. The van der Waals surface area contributed by atoms with E-state index >= 15 is 0 Å². The van der Waals surface area contributed by atoms with Gasteiger partial charge in [-0.1, -0.05) is 13.8 Å². The van der Waals surface area contributed by atoms with E-state index in [2.05, 4.69) is 30.3 Å². The molecule has 0 aliphatic carbocycles. The van der Waals surface area contributed by atoms with Crippen molar-refractivity contribution in [2.24, 2.45) is 5.92 Å². The lowest BCUT2D eigenvalue weighted by atomic mass is 9.94. The molecule has 1 fully saturated rings. The van der Waals surface area contributed by atoms with Crippen LogP contribution in [0.1, 0.15) is 26.7 Å². The number of hydrogen-bond donors (Lipinski definition) is 1. The Hall–Kier alpha value is 0.270. The molecule has 0 radical (unpaired) electrons. The summed E-state index contributed by atoms with van der Waals surface area (Å²) in [6.07, 6.45) is 4.87. The Morgan fingerprint density at radius 2 is 2.27 bits per heavy atom. The van der Waals surface area contributed by atoms with Crippen molar-refractivity contribution in [2.75, 3.05) is 38.2 Å². The summed E-state index contributed by atoms with van der Waals surface area (Å²) in [5, 5.41) is 3.59. The molecule has 0 saturated carbocycles. The van der Waals surface area contributed by atoms with Crippen LogP contribution in [-0.4, -0.2) is 49.1 Å². The smallest absolute Gasteiger partial charge is 0.0117 e. The summed E-state index contributed by atoms with van der Waals surface area (Å²) in [6.45, 7) is 9.57. The largest absolute Gasteiger partial charge is 0.314 e. The van der Waals surface area contributed by atoms with E-state index in [0.29, 0.717) is 0 Å². The zero-order chi connectivity index (χ0) is 11.1. The fourth-order valence-corrected chi connectivity index (χ4v) is 2.85. The van der Waals surface area contributed by atoms with Crippen LogP contribution in [0.2, 0.25) is 0 Å². The first-order chi connectivity index (χ1) is 7.27. The molecule has 2 unspecified atom stereocenters. The molecular formula is C12H26N2S. The molecular weight excluding hydrogens is 204 g/mol. The highest BCUT2D eigenvalue weighted by molar-refractivity contribution is 7.98. The second kappa shape index (κ2) is 7.53. The Balaban J connectivity index is 2.18. The minimum Gasteiger partial charge on any atom is -0.314 e. The second-order valence-corrected chi connectivity index (χ2v) is 5.56. The predicted octanol–water partition coefficient (Wildman–Crippen LogP) is 2.06. The van der Waals surface area contributed by atoms with Crippen molar-refractivity contribution in [3.63, 3.8) is 0 Å². The van der Waals surface area contributed by atoms with E-state index in [-0.39, 0.29) is 0 Å². The molecule has 2 atom stereocenters. The lowest BCUT2D eigenvalue weighted by Gasteiger charge is -2.37. The summed E-state index contributed by atoms with van der Waals surface area (Å²) in [5.74, 6) is 2.12. The Bertz CT molecular complexity index is 164. The summed E-state index contributed by atoms with van der Waals surface area (Å²) in [6, 6.07) is 0.756. The normalized spacial score (nSPS) is 28.2. The Labute approximate surface area is 99.2 Å². The van der Waals surface area contributed by atoms with E-state index in [9.17, 15) is 0 Å². The minimum absolute atomic E-state index is 0.756. The highest BCUT2D eigenvalue weighted by atomic mass is 32.2. The average Bonchev–Trinajstić information content (AvgIpc) is 2.23. The van der Waals surface area contributed by atoms with Crippen LogP contribution < -0.4 is 5.32 Å². The van der Waals surface area contributed by atoms with Gasteiger partial charge in [-0.2, -0.15) is 11.8 Å². The molecule has 1 heterocycles. The number of thioether (sulfide) groups is 1. The SMILES string of the molecule is CCNC1CCN(CCCSC)CC1C. The van der Waals surface area contributed by atoms with E-state index in [1.165, 1.54) is 38.2 Å². The van der Waals surface area contributed by atoms with Gasteiger partial charge in [0.2, 0.25) is 0 Å². The summed E-state index contributed by atoms with van der Waals surface area (Å²) < 4.78 is 0. The minimum atomic E-state index is 0.756. The molecule has 0 aromatic carbocycles. The zero-order valence-electron chi connectivity index (χ0n) is 10.5. The van der Waals surface area contributed by atoms with Gasteiger partial charge >= 0.3 is 0 Å². The van der Waals surface area contributed by atoms with Crippen molar-refractivity contribution >= 4 is 11.8 Å². The standard InChI is InChI=1S/C12H26N2S/c1-4-13-12-6-8-14(10-11(12)2)7-5-9-15-3/h11-13H,4-10H2,1-3H3. The lowest BCUT2D eigenvalue weighted by Crippen LogP contribution is -2.48. The van der Waals surface area contributed by atoms with Gasteiger partial charge in [-0.25, -0.2) is 0 Å². The Morgan fingerprint density at radius 1 is 1.47 bits per heavy atom. The molecule has 0 spiro atoms. The first-order valence-electron chi connectivity index (χ1n) is 6.22. The van der Waals surface area contributed by atoms with Crippen LogP contribution in [0.15, 0.2) is 0 Å². The molecule has 1 N–H and O–H groups in total. The van der Waals surface area contributed by atoms with E-state index in [1.54, 1.807) is 0 Å². The highest BCUT2D eigenvalue weighted by Gasteiger charge is 2.24. The quantitative estimate of drug-likeness (QED) is 0.703. The molecule has 0 aromatic rings. The average molecular weight is 230 g/mol. The maximum Gasteiger partial charge on any atom is 0.0117 e. The van der Waals surface area contributed by atoms with Crippen LogP contribution in [0, 0.1) is 5.92 Å². The van der Waals surface area contributed by atoms with Gasteiger partial charge in [0, 0.05) is 12.6 Å². The molecule has 1 rings (SSSR count). The maximum absolute atomic E-state index is 3.59. The third-order valence-electron chi connectivity index (χ3n) is 3.28. The van der Waals surface area contributed by atoms with E-state index in [0.717, 1.165) is 18.5 Å². The van der Waals surface area contributed by atoms with Crippen LogP contribution in [-0.2, 0) is 0 Å². The van der Waals surface area contributed by atoms with Crippen molar-refractivity contribution in [3.8, 4) is 0 Å². The Kier molecular flexibility index (Phi) is 6.69. The second-order valence-electron chi connectivity index (χ2n) is 4.58. The number of nitrogens with one attached hydrogen (secondary N) is 1. The fraction of sp³-hybridized carbons (Fsp3) is 1.00. The van der Waals surface area contributed by atoms with E-state index in [1.807, 2.05) is 11.8 Å². The van der Waals surface area contributed by atoms with Crippen molar-refractivity contribution in [1.82, 2.24) is 10.2 Å². The van der Waals surface area contributed by atoms with Crippen molar-refractivity contribution < 1.29 is 0 Å². The number of nitrogens with zero attached hydrogens (tertiary/aromatic N) is 1. The van der Waals surface area contributed by atoms with Gasteiger partial charge in [0.15, 0.2) is 0 Å². The first kappa shape index (κ1) is 13.3. The van der Waals surface area contributed by atoms with Gasteiger partial charge in [-0.05, 0) is 50.4 Å². The molecule has 1 saturated heterocycles. The number of hydrogen-bond acceptors (Lipinski definition) is 3. The van der Waals surface area contributed by atoms with E-state index < -0.39 is 0 Å². The molecule has 15 heavy (non-hydrogen) atoms. The molecule has 2 nitrogen and oxygen atoms in total. The van der Waals surface area contributed by atoms with Gasteiger partial charge in [0.25, 0.3) is 0 Å². The Morgan fingerprint density at radius 3 is 2.87 bits per heavy atom. The van der Waals surface area contributed by atoms with E-state index in [4.69, 9.17) is 0 Å². The zero-order valence-corrected chi connectivity index (χ0v) is 11.3. The molecule has 90 valence electrons. The number of rotatable bonds is 6. The molecule has 0 bridgehead atoms. The van der Waals surface area contributed by atoms with Gasteiger partial charge in [-0.15, -0.1) is 0 Å². The third-order valence-corrected chi connectivity index (χ3v) is 3.98. The van der Waals surface area contributed by atoms with Crippen LogP contribution in [0.4, 0.5) is 0 Å². The first-order valence-corrected chi connectivity index (χ1v) is 7.62. The summed E-state index contributed by atoms with van der Waals surface area (Å²) >= 11 is 1.96. The topological polar surface area (TPSA) is 15.3 Å². The molecule has 0 amide bonds. The molecule has 1 aliphatic heterocycles. The van der Waals surface area contributed by atoms with Crippen LogP contribution >= 0.6 is 11.8 Å². The maximum atomic E-state index is 3.59. The van der Waals surface area contributed by atoms with Crippen molar-refractivity contribution in [3.05, 3.63) is 0 Å². The predicted molar refractivity (Wildman–Crippen MR) is 70.7 cm³/mol. The van der Waals surface area contributed by atoms with Gasteiger partial charge in [0.1, 0.15) is 0 Å². The van der Waals surface area contributed by atoms with Crippen LogP contribution in [0.5, 0.6) is 0 Å². The van der Waals surface area contributed by atoms with Gasteiger partial charge in [-0.3, -0.25) is 0 Å².